The zero-order valence-electron chi connectivity index (χ0n) is 9.38. The van der Waals surface area contributed by atoms with Crippen LogP contribution in [0.3, 0.4) is 0 Å². The molecular formula is C12H9BrF2N2O. The number of aromatic nitrogens is 1. The Bertz CT molecular complexity index is 610. The van der Waals surface area contributed by atoms with Gasteiger partial charge >= 0.3 is 0 Å². The molecule has 0 saturated heterocycles. The van der Waals surface area contributed by atoms with Crippen LogP contribution in [0.4, 0.5) is 14.5 Å². The Labute approximate surface area is 111 Å². The number of amides is 1. The Morgan fingerprint density at radius 2 is 2.00 bits per heavy atom. The summed E-state index contributed by atoms with van der Waals surface area (Å²) in [5.41, 5.74) is 0.614. The molecule has 0 bridgehead atoms. The van der Waals surface area contributed by atoms with Gasteiger partial charge in [0.1, 0.15) is 5.69 Å². The predicted octanol–water partition coefficient (Wildman–Crippen LogP) is 3.32. The molecule has 0 atom stereocenters. The van der Waals surface area contributed by atoms with E-state index in [0.717, 1.165) is 16.6 Å². The largest absolute Gasteiger partial charge is 0.345 e. The highest BCUT2D eigenvalue weighted by Gasteiger charge is 2.12. The van der Waals surface area contributed by atoms with Gasteiger partial charge in [-0.15, -0.1) is 0 Å². The number of carbonyl (C=O) groups is 1. The number of aryl methyl sites for hydroxylation is 1. The molecule has 0 saturated carbocycles. The van der Waals surface area contributed by atoms with Gasteiger partial charge in [0.05, 0.1) is 0 Å². The van der Waals surface area contributed by atoms with E-state index < -0.39 is 17.5 Å². The number of hydrogen-bond donors (Lipinski definition) is 1. The fraction of sp³-hybridized carbons (Fsp3) is 0.0833. The number of anilines is 1. The Balaban J connectivity index is 2.21. The van der Waals surface area contributed by atoms with Crippen molar-refractivity contribution in [3.8, 4) is 0 Å². The van der Waals surface area contributed by atoms with Crippen LogP contribution in [0.15, 0.2) is 34.9 Å². The van der Waals surface area contributed by atoms with Gasteiger partial charge in [-0.25, -0.2) is 8.78 Å². The maximum absolute atomic E-state index is 13.0. The molecule has 18 heavy (non-hydrogen) atoms. The molecule has 1 aromatic carbocycles. The van der Waals surface area contributed by atoms with Gasteiger partial charge in [-0.05, 0) is 34.1 Å². The molecule has 1 aromatic heterocycles. The van der Waals surface area contributed by atoms with Crippen LogP contribution in [0.1, 0.15) is 10.5 Å². The van der Waals surface area contributed by atoms with Crippen LogP contribution in [0.5, 0.6) is 0 Å². The summed E-state index contributed by atoms with van der Waals surface area (Å²) in [6.45, 7) is 0. The Hall–Kier alpha value is -1.69. The molecule has 2 rings (SSSR count). The third-order valence-electron chi connectivity index (χ3n) is 2.38. The second-order valence-corrected chi connectivity index (χ2v) is 4.65. The molecule has 0 radical (unpaired) electrons. The lowest BCUT2D eigenvalue weighted by atomic mass is 10.3. The lowest BCUT2D eigenvalue weighted by Gasteiger charge is -2.06. The zero-order valence-corrected chi connectivity index (χ0v) is 11.0. The average Bonchev–Trinajstić information content (AvgIpc) is 2.63. The smallest absolute Gasteiger partial charge is 0.272 e. The van der Waals surface area contributed by atoms with Gasteiger partial charge < -0.3 is 9.88 Å². The number of nitrogens with one attached hydrogen (secondary N) is 1. The van der Waals surface area contributed by atoms with Crippen LogP contribution in [-0.2, 0) is 7.05 Å². The molecule has 1 N–H and O–H groups in total. The van der Waals surface area contributed by atoms with Gasteiger partial charge in [0.2, 0.25) is 0 Å². The standard InChI is InChI=1S/C12H9BrF2N2O/c1-17-6-7(13)4-11(17)12(18)16-8-2-3-9(14)10(15)5-8/h2-6H,1H3,(H,16,18). The van der Waals surface area contributed by atoms with Crippen LogP contribution in [0.25, 0.3) is 0 Å². The van der Waals surface area contributed by atoms with Crippen molar-refractivity contribution in [3.05, 3.63) is 52.3 Å². The first-order valence-corrected chi connectivity index (χ1v) is 5.85. The molecule has 94 valence electrons. The molecule has 0 aliphatic heterocycles. The van der Waals surface area contributed by atoms with Crippen LogP contribution in [-0.4, -0.2) is 10.5 Å². The van der Waals surface area contributed by atoms with E-state index in [1.807, 2.05) is 0 Å². The molecule has 0 aliphatic carbocycles. The first-order chi connectivity index (χ1) is 8.47. The predicted molar refractivity (Wildman–Crippen MR) is 67.4 cm³/mol. The van der Waals surface area contributed by atoms with Crippen molar-refractivity contribution in [1.29, 1.82) is 0 Å². The van der Waals surface area contributed by atoms with Crippen LogP contribution in [0, 0.1) is 11.6 Å². The van der Waals surface area contributed by atoms with Crippen molar-refractivity contribution in [1.82, 2.24) is 4.57 Å². The maximum Gasteiger partial charge on any atom is 0.272 e. The Morgan fingerprint density at radius 1 is 1.28 bits per heavy atom. The van der Waals surface area contributed by atoms with Gasteiger partial charge in [-0.3, -0.25) is 4.79 Å². The molecule has 0 aliphatic rings. The van der Waals surface area contributed by atoms with Crippen molar-refractivity contribution in [2.45, 2.75) is 0 Å². The van der Waals surface area contributed by atoms with E-state index in [0.29, 0.717) is 5.69 Å². The van der Waals surface area contributed by atoms with Gasteiger partial charge in [0.25, 0.3) is 5.91 Å². The topological polar surface area (TPSA) is 34.0 Å². The van der Waals surface area contributed by atoms with Crippen molar-refractivity contribution >= 4 is 27.5 Å². The van der Waals surface area contributed by atoms with E-state index in [1.165, 1.54) is 6.07 Å². The van der Waals surface area contributed by atoms with Gasteiger partial charge in [0, 0.05) is 29.5 Å². The van der Waals surface area contributed by atoms with E-state index in [-0.39, 0.29) is 5.69 Å². The number of hydrogen-bond acceptors (Lipinski definition) is 1. The third-order valence-corrected chi connectivity index (χ3v) is 2.82. The summed E-state index contributed by atoms with van der Waals surface area (Å²) in [6, 6.07) is 4.83. The highest BCUT2D eigenvalue weighted by Crippen LogP contribution is 2.17. The number of carbonyl (C=O) groups excluding carboxylic acids is 1. The summed E-state index contributed by atoms with van der Waals surface area (Å²) in [7, 11) is 1.71. The highest BCUT2D eigenvalue weighted by atomic mass is 79.9. The summed E-state index contributed by atoms with van der Waals surface area (Å²) in [4.78, 5) is 11.9. The van der Waals surface area contributed by atoms with E-state index >= 15 is 0 Å². The fourth-order valence-electron chi connectivity index (χ4n) is 1.52. The molecule has 0 fully saturated rings. The van der Waals surface area contributed by atoms with Crippen molar-refractivity contribution < 1.29 is 13.6 Å². The lowest BCUT2D eigenvalue weighted by molar-refractivity contribution is 0.101. The van der Waals surface area contributed by atoms with Crippen molar-refractivity contribution in [2.24, 2.45) is 7.05 Å². The molecule has 1 amide bonds. The average molecular weight is 315 g/mol. The fourth-order valence-corrected chi connectivity index (χ4v) is 2.04. The first kappa shape index (κ1) is 12.8. The van der Waals surface area contributed by atoms with Crippen molar-refractivity contribution in [3.63, 3.8) is 0 Å². The van der Waals surface area contributed by atoms with Crippen LogP contribution in [0.2, 0.25) is 0 Å². The summed E-state index contributed by atoms with van der Waals surface area (Å²) in [5.74, 6) is -2.34. The zero-order chi connectivity index (χ0) is 13.3. The monoisotopic (exact) mass is 314 g/mol. The number of halogens is 3. The maximum atomic E-state index is 13.0. The van der Waals surface area contributed by atoms with Crippen LogP contribution >= 0.6 is 15.9 Å². The number of benzene rings is 1. The number of nitrogens with zero attached hydrogens (tertiary/aromatic N) is 1. The summed E-state index contributed by atoms with van der Waals surface area (Å²) >= 11 is 3.25. The van der Waals surface area contributed by atoms with Gasteiger partial charge in [0.15, 0.2) is 11.6 Å². The molecule has 2 aromatic rings. The second-order valence-electron chi connectivity index (χ2n) is 3.74. The SMILES string of the molecule is Cn1cc(Br)cc1C(=O)Nc1ccc(F)c(F)c1. The molecular weight excluding hydrogens is 306 g/mol. The molecule has 0 spiro atoms. The Kier molecular flexibility index (Phi) is 3.47. The third kappa shape index (κ3) is 2.59. The molecule has 3 nitrogen and oxygen atoms in total. The summed E-state index contributed by atoms with van der Waals surface area (Å²) < 4.78 is 28.1. The van der Waals surface area contributed by atoms with E-state index in [4.69, 9.17) is 0 Å². The summed E-state index contributed by atoms with van der Waals surface area (Å²) in [5, 5.41) is 2.49. The molecule has 0 unspecified atom stereocenters. The highest BCUT2D eigenvalue weighted by molar-refractivity contribution is 9.10. The normalized spacial score (nSPS) is 10.4. The van der Waals surface area contributed by atoms with E-state index in [2.05, 4.69) is 21.2 Å². The minimum atomic E-state index is -0.999. The minimum absolute atomic E-state index is 0.205. The van der Waals surface area contributed by atoms with Crippen LogP contribution < -0.4 is 5.32 Å². The number of rotatable bonds is 2. The second kappa shape index (κ2) is 4.89. The quantitative estimate of drug-likeness (QED) is 0.906. The molecule has 1 heterocycles. The van der Waals surface area contributed by atoms with Crippen molar-refractivity contribution in [2.75, 3.05) is 5.32 Å². The summed E-state index contributed by atoms with van der Waals surface area (Å²) in [6.07, 6.45) is 1.72. The van der Waals surface area contributed by atoms with Gasteiger partial charge in [-0.2, -0.15) is 0 Å². The lowest BCUT2D eigenvalue weighted by Crippen LogP contribution is -2.15. The first-order valence-electron chi connectivity index (χ1n) is 5.05. The molecule has 6 heteroatoms. The Morgan fingerprint density at radius 3 is 2.56 bits per heavy atom. The minimum Gasteiger partial charge on any atom is -0.345 e. The van der Waals surface area contributed by atoms with E-state index in [1.54, 1.807) is 23.9 Å². The van der Waals surface area contributed by atoms with Gasteiger partial charge in [-0.1, -0.05) is 0 Å². The van der Waals surface area contributed by atoms with E-state index in [9.17, 15) is 13.6 Å².